The summed E-state index contributed by atoms with van der Waals surface area (Å²) in [4.78, 5) is 20.5. The summed E-state index contributed by atoms with van der Waals surface area (Å²) in [6.45, 7) is 4.62. The first-order valence-electron chi connectivity index (χ1n) is 10.5. The lowest BCUT2D eigenvalue weighted by Gasteiger charge is -2.38. The minimum absolute atomic E-state index is 0.0715. The normalized spacial score (nSPS) is 17.6. The number of anilines is 1. The molecule has 2 aliphatic rings. The summed E-state index contributed by atoms with van der Waals surface area (Å²) in [5.41, 5.74) is 7.51. The summed E-state index contributed by atoms with van der Waals surface area (Å²) in [5, 5.41) is 4.70. The number of carbonyl (C=O) groups is 1. The average Bonchev–Trinajstić information content (AvgIpc) is 2.68. The predicted molar refractivity (Wildman–Crippen MR) is 119 cm³/mol. The molecular weight excluding hydrogens is 417 g/mol. The molecule has 1 aromatic heterocycles. The Balaban J connectivity index is 1.44. The second-order valence-electron chi connectivity index (χ2n) is 8.42. The Morgan fingerprint density at radius 2 is 1.97 bits per heavy atom. The van der Waals surface area contributed by atoms with Gasteiger partial charge in [0.2, 0.25) is 5.91 Å². The lowest BCUT2D eigenvalue weighted by molar-refractivity contribution is -0.143. The van der Waals surface area contributed by atoms with E-state index < -0.39 is 12.6 Å². The van der Waals surface area contributed by atoms with Crippen molar-refractivity contribution in [2.75, 3.05) is 32.0 Å². The number of nitrogens with zero attached hydrogens (tertiary/aromatic N) is 3. The van der Waals surface area contributed by atoms with Crippen LogP contribution in [0.1, 0.15) is 25.8 Å². The van der Waals surface area contributed by atoms with Crippen molar-refractivity contribution in [3.05, 3.63) is 59.1 Å². The second-order valence-corrected chi connectivity index (χ2v) is 8.42. The van der Waals surface area contributed by atoms with E-state index in [-0.39, 0.29) is 18.4 Å². The van der Waals surface area contributed by atoms with Crippen LogP contribution in [0, 0.1) is 5.92 Å². The average molecular weight is 442 g/mol. The van der Waals surface area contributed by atoms with E-state index in [0.717, 1.165) is 33.3 Å². The van der Waals surface area contributed by atoms with Gasteiger partial charge >= 0.3 is 6.18 Å². The van der Waals surface area contributed by atoms with Crippen LogP contribution < -0.4 is 5.32 Å². The van der Waals surface area contributed by atoms with Crippen molar-refractivity contribution in [1.82, 2.24) is 14.8 Å². The highest BCUT2D eigenvalue weighted by atomic mass is 19.4. The molecule has 1 N–H and O–H groups in total. The molecule has 2 aromatic rings. The second kappa shape index (κ2) is 8.45. The van der Waals surface area contributed by atoms with Gasteiger partial charge in [0.25, 0.3) is 0 Å². The van der Waals surface area contributed by atoms with Gasteiger partial charge in [0.1, 0.15) is 5.82 Å². The highest BCUT2D eigenvalue weighted by molar-refractivity contribution is 5.95. The first-order valence-corrected chi connectivity index (χ1v) is 10.5. The van der Waals surface area contributed by atoms with Gasteiger partial charge in [-0.15, -0.1) is 0 Å². The Hall–Kier alpha value is -3.09. The Morgan fingerprint density at radius 3 is 2.69 bits per heavy atom. The van der Waals surface area contributed by atoms with Crippen molar-refractivity contribution in [3.8, 4) is 0 Å². The van der Waals surface area contributed by atoms with E-state index in [1.807, 2.05) is 39.1 Å². The number of alkyl halides is 3. The predicted octanol–water partition coefficient (Wildman–Crippen LogP) is 4.79. The molecule has 5 nitrogen and oxygen atoms in total. The smallest absolute Gasteiger partial charge is 0.341 e. The molecular formula is C24H25F3N4O. The number of nitrogens with one attached hydrogen (secondary N) is 1. The van der Waals surface area contributed by atoms with Gasteiger partial charge in [0.15, 0.2) is 0 Å². The third-order valence-electron chi connectivity index (χ3n) is 5.90. The first kappa shape index (κ1) is 22.1. The molecule has 1 fully saturated rings. The first-order chi connectivity index (χ1) is 15.1. The number of hydrogen-bond acceptors (Lipinski definition) is 4. The molecule has 1 aromatic carbocycles. The third-order valence-corrected chi connectivity index (χ3v) is 5.90. The highest BCUT2D eigenvalue weighted by Gasteiger charge is 2.35. The van der Waals surface area contributed by atoms with Gasteiger partial charge in [-0.05, 0) is 48.6 Å². The molecule has 4 rings (SSSR count). The molecule has 0 spiro atoms. The van der Waals surface area contributed by atoms with E-state index in [2.05, 4.69) is 33.1 Å². The van der Waals surface area contributed by atoms with Crippen LogP contribution in [0.5, 0.6) is 0 Å². The minimum atomic E-state index is -4.17. The third kappa shape index (κ3) is 4.87. The summed E-state index contributed by atoms with van der Waals surface area (Å²) < 4.78 is 37.0. The number of halogens is 3. The maximum Gasteiger partial charge on any atom is 0.390 e. The minimum Gasteiger partial charge on any atom is -0.341 e. The van der Waals surface area contributed by atoms with Crippen molar-refractivity contribution < 1.29 is 18.0 Å². The van der Waals surface area contributed by atoms with Crippen molar-refractivity contribution >= 4 is 28.2 Å². The van der Waals surface area contributed by atoms with Crippen LogP contribution in [-0.2, 0) is 4.79 Å². The van der Waals surface area contributed by atoms with Crippen molar-refractivity contribution in [2.45, 2.75) is 26.4 Å². The van der Waals surface area contributed by atoms with E-state index >= 15 is 0 Å². The standard InChI is InChI=1S/C24H25F3N4O/c1-15-8-16(2)30(3)21(9-15)17-4-5-18-12-28-22(11-19(18)10-17)29-23(32)20-13-31(14-20)7-6-24(25,26)27/h4-5,9-12,20H,6-7,13-14H2,1-3H3,(H,28,29,32). The van der Waals surface area contributed by atoms with Gasteiger partial charge in [-0.2, -0.15) is 13.2 Å². The van der Waals surface area contributed by atoms with E-state index in [4.69, 9.17) is 0 Å². The molecule has 2 aliphatic heterocycles. The Labute approximate surface area is 184 Å². The number of pyridine rings is 1. The number of fused-ring (bicyclic) bond motifs is 1. The van der Waals surface area contributed by atoms with Crippen LogP contribution in [0.4, 0.5) is 19.0 Å². The number of hydrogen-bond donors (Lipinski definition) is 1. The van der Waals surface area contributed by atoms with Gasteiger partial charge in [-0.3, -0.25) is 4.79 Å². The SMILES string of the molecule is CC1=C=C(C)N(C)C(c2ccc3cnc(NC(=O)C4CN(CCC(F)(F)F)C4)cc3c2)=C1. The molecule has 0 bridgehead atoms. The topological polar surface area (TPSA) is 48.5 Å². The summed E-state index contributed by atoms with van der Waals surface area (Å²) in [6.07, 6.45) is -1.24. The zero-order valence-corrected chi connectivity index (χ0v) is 18.3. The van der Waals surface area contributed by atoms with Gasteiger partial charge in [0.05, 0.1) is 18.0 Å². The fraction of sp³-hybridized carbons (Fsp3) is 0.375. The molecule has 0 atom stereocenters. The zero-order chi connectivity index (χ0) is 23.0. The van der Waals surface area contributed by atoms with E-state index in [1.165, 1.54) is 0 Å². The molecule has 0 unspecified atom stereocenters. The molecule has 0 radical (unpaired) electrons. The molecule has 0 aliphatic carbocycles. The van der Waals surface area contributed by atoms with Gasteiger partial charge < -0.3 is 15.1 Å². The highest BCUT2D eigenvalue weighted by Crippen LogP contribution is 2.29. The Kier molecular flexibility index (Phi) is 5.84. The van der Waals surface area contributed by atoms with Gasteiger partial charge in [-0.1, -0.05) is 17.9 Å². The van der Waals surface area contributed by atoms with Crippen LogP contribution in [0.2, 0.25) is 0 Å². The number of allylic oxidation sites excluding steroid dienone is 2. The molecule has 0 saturated carbocycles. The monoisotopic (exact) mass is 442 g/mol. The fourth-order valence-electron chi connectivity index (χ4n) is 3.96. The maximum atomic E-state index is 12.5. The van der Waals surface area contributed by atoms with Crippen LogP contribution in [-0.4, -0.2) is 53.5 Å². The van der Waals surface area contributed by atoms with Crippen molar-refractivity contribution in [1.29, 1.82) is 0 Å². The van der Waals surface area contributed by atoms with Crippen LogP contribution in [0.25, 0.3) is 16.5 Å². The van der Waals surface area contributed by atoms with Crippen LogP contribution in [0.3, 0.4) is 0 Å². The molecule has 168 valence electrons. The lowest BCUT2D eigenvalue weighted by Crippen LogP contribution is -2.52. The molecule has 8 heteroatoms. The largest absolute Gasteiger partial charge is 0.390 e. The van der Waals surface area contributed by atoms with Gasteiger partial charge in [0, 0.05) is 44.0 Å². The zero-order valence-electron chi connectivity index (χ0n) is 18.3. The Bertz CT molecular complexity index is 1160. The molecule has 1 saturated heterocycles. The quantitative estimate of drug-likeness (QED) is 0.677. The lowest BCUT2D eigenvalue weighted by atomic mass is 9.99. The number of rotatable bonds is 5. The summed E-state index contributed by atoms with van der Waals surface area (Å²) in [6, 6.07) is 7.92. The van der Waals surface area contributed by atoms with Crippen molar-refractivity contribution in [3.63, 3.8) is 0 Å². The summed E-state index contributed by atoms with van der Waals surface area (Å²) in [7, 11) is 2.00. The summed E-state index contributed by atoms with van der Waals surface area (Å²) in [5.74, 6) is -0.100. The van der Waals surface area contributed by atoms with Crippen molar-refractivity contribution in [2.24, 2.45) is 5.92 Å². The van der Waals surface area contributed by atoms with E-state index in [1.54, 1.807) is 11.1 Å². The number of carbonyl (C=O) groups excluding carboxylic acids is 1. The van der Waals surface area contributed by atoms with Crippen LogP contribution >= 0.6 is 0 Å². The molecule has 1 amide bonds. The fourth-order valence-corrected chi connectivity index (χ4v) is 3.96. The maximum absolute atomic E-state index is 12.5. The number of benzene rings is 1. The van der Waals surface area contributed by atoms with E-state index in [9.17, 15) is 18.0 Å². The van der Waals surface area contributed by atoms with Gasteiger partial charge in [-0.25, -0.2) is 4.98 Å². The molecule has 3 heterocycles. The number of likely N-dealkylation sites (tertiary alicyclic amines) is 1. The molecule has 32 heavy (non-hydrogen) atoms. The van der Waals surface area contributed by atoms with Crippen LogP contribution in [0.15, 0.2) is 53.5 Å². The summed E-state index contributed by atoms with van der Waals surface area (Å²) >= 11 is 0. The number of amides is 1. The Morgan fingerprint density at radius 1 is 1.22 bits per heavy atom. The number of aromatic nitrogens is 1. The van der Waals surface area contributed by atoms with E-state index in [0.29, 0.717) is 18.9 Å².